The monoisotopic (exact) mass is 615 g/mol. The fourth-order valence-corrected chi connectivity index (χ4v) is 5.25. The van der Waals surface area contributed by atoms with Crippen LogP contribution < -0.4 is 5.32 Å². The number of aromatic nitrogens is 1. The van der Waals surface area contributed by atoms with Crippen molar-refractivity contribution in [2.75, 3.05) is 52.1 Å². The van der Waals surface area contributed by atoms with Crippen molar-refractivity contribution in [3.05, 3.63) is 107 Å². The smallest absolute Gasteiger partial charge is 0.361 e. The number of nitrogens with one attached hydrogen (secondary N) is 1. The highest BCUT2D eigenvalue weighted by molar-refractivity contribution is 5.94. The summed E-state index contributed by atoms with van der Waals surface area (Å²) in [4.78, 5) is 23.3. The number of halogens is 3. The van der Waals surface area contributed by atoms with Crippen molar-refractivity contribution < 1.29 is 18.0 Å². The van der Waals surface area contributed by atoms with E-state index < -0.39 is 17.6 Å². The van der Waals surface area contributed by atoms with E-state index in [1.807, 2.05) is 48.2 Å². The topological polar surface area (TPSA) is 67.3 Å². The first-order chi connectivity index (χ1) is 21.5. The third-order valence-electron chi connectivity index (χ3n) is 7.70. The number of anilines is 1. The Hall–Kier alpha value is -4.66. The van der Waals surface area contributed by atoms with Gasteiger partial charge in [-0.3, -0.25) is 9.69 Å². The van der Waals surface area contributed by atoms with Crippen molar-refractivity contribution in [2.24, 2.45) is 5.10 Å². The van der Waals surface area contributed by atoms with Crippen molar-refractivity contribution in [3.63, 3.8) is 0 Å². The van der Waals surface area contributed by atoms with E-state index in [0.717, 1.165) is 55.9 Å². The highest BCUT2D eigenvalue weighted by atomic mass is 19.4. The van der Waals surface area contributed by atoms with Gasteiger partial charge >= 0.3 is 6.18 Å². The van der Waals surface area contributed by atoms with Crippen LogP contribution in [0, 0.1) is 11.8 Å². The minimum Gasteiger partial charge on any atom is -0.361 e. The molecule has 4 heterocycles. The normalized spacial score (nSPS) is 17.1. The molecule has 8 nitrogen and oxygen atoms in total. The van der Waals surface area contributed by atoms with Gasteiger partial charge in [-0.05, 0) is 71.7 Å². The Labute approximate surface area is 261 Å². The van der Waals surface area contributed by atoms with E-state index in [-0.39, 0.29) is 29.9 Å². The van der Waals surface area contributed by atoms with Crippen molar-refractivity contribution >= 4 is 17.6 Å². The minimum absolute atomic E-state index is 0.216. The van der Waals surface area contributed by atoms with Crippen molar-refractivity contribution in [1.82, 2.24) is 24.7 Å². The van der Waals surface area contributed by atoms with Gasteiger partial charge in [0.25, 0.3) is 0 Å². The Balaban J connectivity index is 1.25. The van der Waals surface area contributed by atoms with Gasteiger partial charge in [0.15, 0.2) is 0 Å². The van der Waals surface area contributed by atoms with Gasteiger partial charge in [0.05, 0.1) is 17.7 Å². The van der Waals surface area contributed by atoms with E-state index in [1.165, 1.54) is 12.3 Å². The Morgan fingerprint density at radius 1 is 1.04 bits per heavy atom. The fraction of sp³-hybridized carbons (Fsp3) is 0.324. The van der Waals surface area contributed by atoms with Gasteiger partial charge in [0, 0.05) is 58.6 Å². The van der Waals surface area contributed by atoms with Crippen LogP contribution in [0.1, 0.15) is 29.2 Å². The second-order valence-electron chi connectivity index (χ2n) is 11.3. The molecule has 1 amide bonds. The molecular weight excluding hydrogens is 579 g/mol. The zero-order chi connectivity index (χ0) is 32.1. The maximum Gasteiger partial charge on any atom is 0.416 e. The number of likely N-dealkylation sites (N-methyl/N-ethyl adjacent to an activating group) is 2. The largest absolute Gasteiger partial charge is 0.416 e. The van der Waals surface area contributed by atoms with E-state index in [0.29, 0.717) is 11.3 Å². The molecule has 234 valence electrons. The van der Waals surface area contributed by atoms with Gasteiger partial charge in [0.2, 0.25) is 5.91 Å². The molecular formula is C34H36F3N7O. The molecule has 2 aromatic rings. The molecule has 0 spiro atoms. The molecule has 1 N–H and O–H groups in total. The number of hydrazone groups is 1. The van der Waals surface area contributed by atoms with Crippen LogP contribution in [0.5, 0.6) is 0 Å². The van der Waals surface area contributed by atoms with E-state index in [1.54, 1.807) is 23.2 Å². The first kappa shape index (κ1) is 31.8. The fourth-order valence-electron chi connectivity index (χ4n) is 5.25. The van der Waals surface area contributed by atoms with Gasteiger partial charge < -0.3 is 15.1 Å². The molecule has 0 saturated carbocycles. The molecule has 11 heteroatoms. The maximum atomic E-state index is 14.0. The molecule has 0 aliphatic carbocycles. The number of nitrogens with zero attached hydrogens (tertiary/aromatic N) is 6. The van der Waals surface area contributed by atoms with Crippen LogP contribution >= 0.6 is 0 Å². The molecule has 0 radical (unpaired) electrons. The average Bonchev–Trinajstić information content (AvgIpc) is 3.00. The van der Waals surface area contributed by atoms with E-state index in [2.05, 4.69) is 45.6 Å². The van der Waals surface area contributed by atoms with Crippen LogP contribution in [0.3, 0.4) is 0 Å². The average molecular weight is 616 g/mol. The Morgan fingerprint density at radius 2 is 1.80 bits per heavy atom. The highest BCUT2D eigenvalue weighted by Gasteiger charge is 2.34. The molecule has 3 aliphatic heterocycles. The third kappa shape index (κ3) is 8.09. The number of alkyl halides is 3. The van der Waals surface area contributed by atoms with Crippen LogP contribution in [0.2, 0.25) is 0 Å². The lowest BCUT2D eigenvalue weighted by Gasteiger charge is -2.34. The number of pyridine rings is 1. The van der Waals surface area contributed by atoms with E-state index >= 15 is 0 Å². The molecule has 1 saturated heterocycles. The molecule has 3 aliphatic rings. The van der Waals surface area contributed by atoms with Crippen molar-refractivity contribution in [3.8, 4) is 11.8 Å². The number of fused-ring (bicyclic) bond motifs is 1. The number of benzene rings is 1. The summed E-state index contributed by atoms with van der Waals surface area (Å²) in [6.07, 6.45) is 4.37. The lowest BCUT2D eigenvalue weighted by Crippen LogP contribution is -2.45. The third-order valence-corrected chi connectivity index (χ3v) is 7.70. The predicted molar refractivity (Wildman–Crippen MR) is 170 cm³/mol. The van der Waals surface area contributed by atoms with Crippen LogP contribution in [-0.2, 0) is 23.9 Å². The number of amidine groups is 1. The lowest BCUT2D eigenvalue weighted by atomic mass is 10.0. The molecule has 0 atom stereocenters. The van der Waals surface area contributed by atoms with Gasteiger partial charge in [0.1, 0.15) is 17.4 Å². The summed E-state index contributed by atoms with van der Waals surface area (Å²) in [5.74, 6) is 6.76. The molecule has 1 fully saturated rings. The Morgan fingerprint density at radius 3 is 2.51 bits per heavy atom. The number of carbonyl (C=O) groups excluding carboxylic acids is 1. The molecule has 0 bridgehead atoms. The van der Waals surface area contributed by atoms with Gasteiger partial charge in [-0.15, -0.1) is 5.10 Å². The summed E-state index contributed by atoms with van der Waals surface area (Å²) in [5, 5.41) is 9.09. The molecule has 45 heavy (non-hydrogen) atoms. The Kier molecular flexibility index (Phi) is 9.56. The number of allylic oxidation sites excluding steroid dienone is 5. The van der Waals surface area contributed by atoms with Gasteiger partial charge in [-0.2, -0.15) is 13.2 Å². The zero-order valence-corrected chi connectivity index (χ0v) is 25.7. The first-order valence-electron chi connectivity index (χ1n) is 14.8. The minimum atomic E-state index is -4.53. The second kappa shape index (κ2) is 13.5. The Bertz CT molecular complexity index is 1650. The molecule has 1 aromatic carbocycles. The summed E-state index contributed by atoms with van der Waals surface area (Å²) in [6, 6.07) is 7.49. The maximum absolute atomic E-state index is 14.0. The van der Waals surface area contributed by atoms with Crippen LogP contribution in [0.25, 0.3) is 0 Å². The summed E-state index contributed by atoms with van der Waals surface area (Å²) >= 11 is 0. The summed E-state index contributed by atoms with van der Waals surface area (Å²) in [5.41, 5.74) is 2.65. The number of hydrogen-bond donors (Lipinski definition) is 1. The van der Waals surface area contributed by atoms with Crippen LogP contribution in [0.4, 0.5) is 19.0 Å². The quantitative estimate of drug-likeness (QED) is 0.469. The zero-order valence-electron chi connectivity index (χ0n) is 25.7. The van der Waals surface area contributed by atoms with Crippen LogP contribution in [0.15, 0.2) is 89.5 Å². The molecule has 1 aromatic heterocycles. The summed E-state index contributed by atoms with van der Waals surface area (Å²) in [7, 11) is 3.81. The number of carbonyl (C=O) groups is 1. The number of hydrogen-bond acceptors (Lipinski definition) is 7. The number of rotatable bonds is 6. The van der Waals surface area contributed by atoms with E-state index in [4.69, 9.17) is 0 Å². The predicted octanol–water partition coefficient (Wildman–Crippen LogP) is 4.86. The van der Waals surface area contributed by atoms with Crippen LogP contribution in [-0.4, -0.2) is 83.3 Å². The number of amides is 1. The molecule has 0 unspecified atom stereocenters. The summed E-state index contributed by atoms with van der Waals surface area (Å²) < 4.78 is 42.1. The van der Waals surface area contributed by atoms with E-state index in [9.17, 15) is 18.0 Å². The highest BCUT2D eigenvalue weighted by Crippen LogP contribution is 2.34. The second-order valence-corrected chi connectivity index (χ2v) is 11.3. The SMILES string of the molecule is C=C1C=C(C#Cc2ccnc(NC(=O)Cc3ccc(CN4CCN(CC)CC4)c(C(F)(F)F)c3)c2)N2N=C(N(C)C)C=CC2=C1. The van der Waals surface area contributed by atoms with Crippen molar-refractivity contribution in [1.29, 1.82) is 0 Å². The first-order valence-corrected chi connectivity index (χ1v) is 14.8. The standard InChI is InChI=1S/C34H36F3N7O/c1-5-42-14-16-43(17-15-42)23-27-8-6-26(20-30(27)34(35,36)37)22-33(45)39-31-21-25(12-13-38-31)7-9-28-18-24(2)19-29-10-11-32(41(3)4)40-44(28)29/h6,8,10-13,18-21H,2,5,14-17,22-23H2,1,3-4H3,(H,38,39,45). The summed E-state index contributed by atoms with van der Waals surface area (Å²) in [6.45, 7) is 10.4. The van der Waals surface area contributed by atoms with Crippen molar-refractivity contribution in [2.45, 2.75) is 26.1 Å². The van der Waals surface area contributed by atoms with Gasteiger partial charge in [-0.25, -0.2) is 9.99 Å². The number of piperazine rings is 1. The van der Waals surface area contributed by atoms with Gasteiger partial charge in [-0.1, -0.05) is 31.6 Å². The molecule has 5 rings (SSSR count). The lowest BCUT2D eigenvalue weighted by molar-refractivity contribution is -0.138.